The SMILES string of the molecule is [C-]#[N+]c1ccc(NS(=O)(=O)C2=CCc3cc(-c4cccs4)ccc32)c(F)c1. The molecular formula is C20H13FN2O2S2. The minimum Gasteiger partial charge on any atom is -0.277 e. The molecule has 1 aliphatic carbocycles. The summed E-state index contributed by atoms with van der Waals surface area (Å²) in [6, 6.07) is 13.3. The summed E-state index contributed by atoms with van der Waals surface area (Å²) in [4.78, 5) is 4.39. The molecule has 0 radical (unpaired) electrons. The quantitative estimate of drug-likeness (QED) is 0.597. The van der Waals surface area contributed by atoms with Crippen LogP contribution < -0.4 is 4.72 Å². The molecule has 0 fully saturated rings. The number of allylic oxidation sites excluding steroid dienone is 1. The second kappa shape index (κ2) is 6.65. The van der Waals surface area contributed by atoms with Gasteiger partial charge in [-0.15, -0.1) is 11.3 Å². The molecule has 0 bridgehead atoms. The standard InChI is InChI=1S/C20H13FN2O2S2/c1-22-15-6-8-18(17(21)12-15)23-27(24,25)20-9-5-13-11-14(4-7-16(13)20)19-3-2-10-26-19/h2-4,6-12,23H,5H2. The van der Waals surface area contributed by atoms with E-state index in [2.05, 4.69) is 9.57 Å². The molecule has 2 aromatic carbocycles. The van der Waals surface area contributed by atoms with E-state index in [0.29, 0.717) is 12.0 Å². The van der Waals surface area contributed by atoms with Gasteiger partial charge in [0.25, 0.3) is 10.0 Å². The Morgan fingerprint density at radius 2 is 2.00 bits per heavy atom. The van der Waals surface area contributed by atoms with Gasteiger partial charge in [0.15, 0.2) is 5.69 Å². The Labute approximate surface area is 160 Å². The highest BCUT2D eigenvalue weighted by molar-refractivity contribution is 8.01. The third-order valence-electron chi connectivity index (χ3n) is 4.30. The van der Waals surface area contributed by atoms with Crippen LogP contribution in [-0.2, 0) is 16.4 Å². The number of thiophene rings is 1. The van der Waals surface area contributed by atoms with Gasteiger partial charge in [0, 0.05) is 4.88 Å². The number of hydrogen-bond donors (Lipinski definition) is 1. The number of anilines is 1. The first-order chi connectivity index (χ1) is 13.0. The van der Waals surface area contributed by atoms with Crippen LogP contribution in [0.15, 0.2) is 60.0 Å². The number of benzene rings is 2. The fraction of sp³-hybridized carbons (Fsp3) is 0.0500. The molecule has 4 nitrogen and oxygen atoms in total. The Balaban J connectivity index is 1.64. The fourth-order valence-corrected chi connectivity index (χ4v) is 5.10. The van der Waals surface area contributed by atoms with Crippen molar-refractivity contribution < 1.29 is 12.8 Å². The van der Waals surface area contributed by atoms with E-state index in [-0.39, 0.29) is 16.3 Å². The molecule has 1 N–H and O–H groups in total. The van der Waals surface area contributed by atoms with Gasteiger partial charge in [0.2, 0.25) is 0 Å². The zero-order valence-corrected chi connectivity index (χ0v) is 15.6. The van der Waals surface area contributed by atoms with Gasteiger partial charge in [-0.2, -0.15) is 0 Å². The molecule has 1 heterocycles. The number of halogens is 1. The molecule has 0 spiro atoms. The van der Waals surface area contributed by atoms with Crippen molar-refractivity contribution in [2.75, 3.05) is 4.72 Å². The summed E-state index contributed by atoms with van der Waals surface area (Å²) in [5.74, 6) is -0.779. The number of fused-ring (bicyclic) bond motifs is 1. The van der Waals surface area contributed by atoms with Crippen molar-refractivity contribution in [3.63, 3.8) is 0 Å². The Kier molecular flexibility index (Phi) is 4.30. The smallest absolute Gasteiger partial charge is 0.262 e. The number of hydrogen-bond acceptors (Lipinski definition) is 3. The maximum Gasteiger partial charge on any atom is 0.262 e. The molecule has 0 aliphatic heterocycles. The summed E-state index contributed by atoms with van der Waals surface area (Å²) in [6.45, 7) is 6.89. The summed E-state index contributed by atoms with van der Waals surface area (Å²) in [7, 11) is -3.94. The number of rotatable bonds is 4. The van der Waals surface area contributed by atoms with Crippen molar-refractivity contribution in [1.29, 1.82) is 0 Å². The molecule has 0 amide bonds. The number of nitrogens with zero attached hydrogens (tertiary/aromatic N) is 1. The monoisotopic (exact) mass is 396 g/mol. The van der Waals surface area contributed by atoms with Gasteiger partial charge in [0.05, 0.1) is 17.2 Å². The Morgan fingerprint density at radius 3 is 2.70 bits per heavy atom. The highest BCUT2D eigenvalue weighted by atomic mass is 32.2. The van der Waals surface area contributed by atoms with Crippen LogP contribution in [0.3, 0.4) is 0 Å². The Morgan fingerprint density at radius 1 is 1.15 bits per heavy atom. The average molecular weight is 396 g/mol. The zero-order chi connectivity index (χ0) is 19.0. The van der Waals surface area contributed by atoms with Gasteiger partial charge < -0.3 is 0 Å². The maximum absolute atomic E-state index is 14.1. The van der Waals surface area contributed by atoms with E-state index in [0.717, 1.165) is 22.1 Å². The van der Waals surface area contributed by atoms with E-state index in [1.54, 1.807) is 23.5 Å². The van der Waals surface area contributed by atoms with Crippen molar-refractivity contribution in [2.24, 2.45) is 0 Å². The summed E-state index contributed by atoms with van der Waals surface area (Å²) < 4.78 is 41.9. The summed E-state index contributed by atoms with van der Waals surface area (Å²) in [6.07, 6.45) is 2.14. The first-order valence-corrected chi connectivity index (χ1v) is 10.4. The average Bonchev–Trinajstić information content (AvgIpc) is 3.32. The van der Waals surface area contributed by atoms with E-state index >= 15 is 0 Å². The molecule has 27 heavy (non-hydrogen) atoms. The Hall–Kier alpha value is -2.95. The second-order valence-electron chi connectivity index (χ2n) is 6.00. The summed E-state index contributed by atoms with van der Waals surface area (Å²) in [5, 5.41) is 1.99. The number of nitrogens with one attached hydrogen (secondary N) is 1. The predicted octanol–water partition coefficient (Wildman–Crippen LogP) is 5.44. The van der Waals surface area contributed by atoms with Crippen LogP contribution in [0.1, 0.15) is 11.1 Å². The van der Waals surface area contributed by atoms with Crippen LogP contribution in [0.5, 0.6) is 0 Å². The predicted molar refractivity (Wildman–Crippen MR) is 107 cm³/mol. The molecule has 134 valence electrons. The number of sulfonamides is 1. The topological polar surface area (TPSA) is 50.5 Å². The highest BCUT2D eigenvalue weighted by Gasteiger charge is 2.27. The molecule has 1 aliphatic rings. The lowest BCUT2D eigenvalue weighted by Gasteiger charge is -2.12. The lowest BCUT2D eigenvalue weighted by molar-refractivity contribution is 0.607. The second-order valence-corrected chi connectivity index (χ2v) is 8.60. The zero-order valence-electron chi connectivity index (χ0n) is 13.9. The summed E-state index contributed by atoms with van der Waals surface area (Å²) in [5.41, 5.74) is 2.53. The van der Waals surface area contributed by atoms with Crippen LogP contribution in [-0.4, -0.2) is 8.42 Å². The van der Waals surface area contributed by atoms with Gasteiger partial charge in [0.1, 0.15) is 5.82 Å². The largest absolute Gasteiger partial charge is 0.277 e. The first kappa shape index (κ1) is 17.5. The molecule has 0 atom stereocenters. The molecule has 3 aromatic rings. The Bertz CT molecular complexity index is 1210. The van der Waals surface area contributed by atoms with Crippen molar-refractivity contribution >= 4 is 37.6 Å². The molecule has 1 aromatic heterocycles. The normalized spacial score (nSPS) is 13.0. The van der Waals surface area contributed by atoms with Crippen molar-refractivity contribution in [3.05, 3.63) is 88.3 Å². The van der Waals surface area contributed by atoms with Crippen LogP contribution >= 0.6 is 11.3 Å². The molecule has 0 saturated carbocycles. The van der Waals surface area contributed by atoms with Crippen molar-refractivity contribution in [3.8, 4) is 10.4 Å². The van der Waals surface area contributed by atoms with Crippen molar-refractivity contribution in [2.45, 2.75) is 6.42 Å². The van der Waals surface area contributed by atoms with Gasteiger partial charge in [-0.3, -0.25) is 4.72 Å². The molecule has 0 unspecified atom stereocenters. The van der Waals surface area contributed by atoms with Gasteiger partial charge >= 0.3 is 0 Å². The van der Waals surface area contributed by atoms with Crippen molar-refractivity contribution in [1.82, 2.24) is 0 Å². The summed E-state index contributed by atoms with van der Waals surface area (Å²) >= 11 is 1.62. The van der Waals surface area contributed by atoms with Crippen LogP contribution in [0.4, 0.5) is 15.8 Å². The van der Waals surface area contributed by atoms with Gasteiger partial charge in [-0.25, -0.2) is 17.7 Å². The molecule has 4 rings (SSSR count). The third kappa shape index (κ3) is 3.25. The van der Waals surface area contributed by atoms with Crippen LogP contribution in [0.2, 0.25) is 0 Å². The van der Waals surface area contributed by atoms with Gasteiger partial charge in [-0.05, 0) is 52.8 Å². The third-order valence-corrected chi connectivity index (χ3v) is 6.67. The minimum absolute atomic E-state index is 0.113. The lowest BCUT2D eigenvalue weighted by Crippen LogP contribution is -2.14. The van der Waals surface area contributed by atoms with E-state index < -0.39 is 15.8 Å². The molecule has 7 heteroatoms. The highest BCUT2D eigenvalue weighted by Crippen LogP contribution is 2.36. The van der Waals surface area contributed by atoms with Crippen LogP contribution in [0, 0.1) is 12.4 Å². The lowest BCUT2D eigenvalue weighted by atomic mass is 10.1. The van der Waals surface area contributed by atoms with Crippen LogP contribution in [0.25, 0.3) is 20.2 Å². The first-order valence-electron chi connectivity index (χ1n) is 8.05. The fourth-order valence-electron chi connectivity index (χ4n) is 3.02. The maximum atomic E-state index is 14.1. The molecule has 0 saturated heterocycles. The van der Waals surface area contributed by atoms with E-state index in [1.807, 2.05) is 29.6 Å². The minimum atomic E-state index is -3.94. The molecular weight excluding hydrogens is 383 g/mol. The van der Waals surface area contributed by atoms with E-state index in [4.69, 9.17) is 6.57 Å². The van der Waals surface area contributed by atoms with E-state index in [9.17, 15) is 12.8 Å². The van der Waals surface area contributed by atoms with Gasteiger partial charge in [-0.1, -0.05) is 30.3 Å². The van der Waals surface area contributed by atoms with E-state index in [1.165, 1.54) is 12.1 Å².